The Hall–Kier alpha value is -1.11. The fraction of sp³-hybridized carbons (Fsp3) is 0.462. The van der Waals surface area contributed by atoms with Gasteiger partial charge in [-0.1, -0.05) is 15.9 Å². The molecule has 0 unspecified atom stereocenters. The van der Waals surface area contributed by atoms with E-state index in [-0.39, 0.29) is 18.8 Å². The van der Waals surface area contributed by atoms with Crippen molar-refractivity contribution >= 4 is 27.5 Å². The molecule has 2 rings (SSSR count). The summed E-state index contributed by atoms with van der Waals surface area (Å²) in [4.78, 5) is 13.6. The van der Waals surface area contributed by atoms with E-state index in [1.54, 1.807) is 19.1 Å². The SMILES string of the molecule is COC(CCN1C(=O)COc2cc(Br)ccc21)OC. The standard InChI is InChI=1S/C13H16BrNO4/c1-17-13(18-2)5-6-15-10-4-3-9(14)7-11(10)19-8-12(15)16/h3-4,7,13H,5-6,8H2,1-2H3. The summed E-state index contributed by atoms with van der Waals surface area (Å²) in [7, 11) is 3.17. The van der Waals surface area contributed by atoms with Crippen molar-refractivity contribution in [2.75, 3.05) is 32.3 Å². The monoisotopic (exact) mass is 329 g/mol. The van der Waals surface area contributed by atoms with Crippen LogP contribution in [0.1, 0.15) is 6.42 Å². The van der Waals surface area contributed by atoms with Gasteiger partial charge in [0.25, 0.3) is 5.91 Å². The quantitative estimate of drug-likeness (QED) is 0.777. The lowest BCUT2D eigenvalue weighted by Gasteiger charge is -2.30. The molecule has 1 amide bonds. The third-order valence-electron chi connectivity index (χ3n) is 2.98. The number of nitrogens with zero attached hydrogens (tertiary/aromatic N) is 1. The topological polar surface area (TPSA) is 48.0 Å². The van der Waals surface area contributed by atoms with Gasteiger partial charge in [0.15, 0.2) is 12.9 Å². The van der Waals surface area contributed by atoms with Gasteiger partial charge in [0.2, 0.25) is 0 Å². The van der Waals surface area contributed by atoms with Crippen LogP contribution in [0.4, 0.5) is 5.69 Å². The molecule has 1 aliphatic rings. The van der Waals surface area contributed by atoms with Crippen molar-refractivity contribution in [1.82, 2.24) is 0 Å². The molecule has 0 spiro atoms. The number of anilines is 1. The molecule has 0 bridgehead atoms. The number of carbonyl (C=O) groups is 1. The van der Waals surface area contributed by atoms with Gasteiger partial charge in [-0.25, -0.2) is 0 Å². The third kappa shape index (κ3) is 3.26. The van der Waals surface area contributed by atoms with E-state index >= 15 is 0 Å². The predicted molar refractivity (Wildman–Crippen MR) is 74.4 cm³/mol. The average molecular weight is 330 g/mol. The largest absolute Gasteiger partial charge is 0.482 e. The number of methoxy groups -OCH3 is 2. The number of benzene rings is 1. The molecule has 0 N–H and O–H groups in total. The second-order valence-corrected chi connectivity index (χ2v) is 5.05. The van der Waals surface area contributed by atoms with Crippen LogP contribution < -0.4 is 9.64 Å². The van der Waals surface area contributed by atoms with E-state index in [9.17, 15) is 4.79 Å². The van der Waals surface area contributed by atoms with Crippen molar-refractivity contribution in [3.05, 3.63) is 22.7 Å². The van der Waals surface area contributed by atoms with Gasteiger partial charge in [0.05, 0.1) is 5.69 Å². The van der Waals surface area contributed by atoms with Crippen LogP contribution in [-0.2, 0) is 14.3 Å². The predicted octanol–water partition coefficient (Wildman–Crippen LogP) is 2.18. The summed E-state index contributed by atoms with van der Waals surface area (Å²) in [5, 5.41) is 0. The fourth-order valence-electron chi connectivity index (χ4n) is 1.99. The van der Waals surface area contributed by atoms with Gasteiger partial charge >= 0.3 is 0 Å². The number of halogens is 1. The van der Waals surface area contributed by atoms with Crippen molar-refractivity contribution in [2.45, 2.75) is 12.7 Å². The second kappa shape index (κ2) is 6.36. The van der Waals surface area contributed by atoms with E-state index < -0.39 is 0 Å². The lowest BCUT2D eigenvalue weighted by atomic mass is 10.2. The van der Waals surface area contributed by atoms with E-state index in [0.29, 0.717) is 18.7 Å². The van der Waals surface area contributed by atoms with Crippen LogP contribution in [0.3, 0.4) is 0 Å². The molecule has 1 aromatic carbocycles. The number of ether oxygens (including phenoxy) is 3. The lowest BCUT2D eigenvalue weighted by Crippen LogP contribution is -2.40. The Morgan fingerprint density at radius 2 is 2.16 bits per heavy atom. The molecular formula is C13H16BrNO4. The zero-order valence-corrected chi connectivity index (χ0v) is 12.5. The van der Waals surface area contributed by atoms with E-state index in [1.807, 2.05) is 18.2 Å². The summed E-state index contributed by atoms with van der Waals surface area (Å²) in [5.74, 6) is 0.654. The molecule has 0 aliphatic carbocycles. The first-order valence-corrected chi connectivity index (χ1v) is 6.73. The minimum Gasteiger partial charge on any atom is -0.482 e. The van der Waals surface area contributed by atoms with Gasteiger partial charge < -0.3 is 19.1 Å². The number of rotatable bonds is 5. The molecule has 0 atom stereocenters. The molecule has 0 aromatic heterocycles. The third-order valence-corrected chi connectivity index (χ3v) is 3.47. The molecule has 6 heteroatoms. The zero-order chi connectivity index (χ0) is 13.8. The van der Waals surface area contributed by atoms with Gasteiger partial charge in [-0.15, -0.1) is 0 Å². The molecule has 0 saturated carbocycles. The Labute approximate surface area is 120 Å². The molecule has 1 aliphatic heterocycles. The highest BCUT2D eigenvalue weighted by atomic mass is 79.9. The Morgan fingerprint density at radius 3 is 2.84 bits per heavy atom. The van der Waals surface area contributed by atoms with Crippen LogP contribution in [0.5, 0.6) is 5.75 Å². The number of carbonyl (C=O) groups excluding carboxylic acids is 1. The Balaban J connectivity index is 2.14. The Bertz CT molecular complexity index is 462. The van der Waals surface area contributed by atoms with Crippen molar-refractivity contribution < 1.29 is 19.0 Å². The number of amides is 1. The Morgan fingerprint density at radius 1 is 1.42 bits per heavy atom. The van der Waals surface area contributed by atoms with Crippen molar-refractivity contribution in [3.63, 3.8) is 0 Å². The summed E-state index contributed by atoms with van der Waals surface area (Å²) in [6.07, 6.45) is 0.295. The molecule has 104 valence electrons. The van der Waals surface area contributed by atoms with Gasteiger partial charge in [-0.05, 0) is 18.2 Å². The molecule has 0 radical (unpaired) electrons. The van der Waals surface area contributed by atoms with Crippen LogP contribution >= 0.6 is 15.9 Å². The smallest absolute Gasteiger partial charge is 0.265 e. The van der Waals surface area contributed by atoms with Crippen LogP contribution in [0.25, 0.3) is 0 Å². The van der Waals surface area contributed by atoms with Gasteiger partial charge in [0, 0.05) is 31.7 Å². The van der Waals surface area contributed by atoms with Crippen LogP contribution in [-0.4, -0.2) is 39.6 Å². The molecule has 1 aromatic rings. The summed E-state index contributed by atoms with van der Waals surface area (Å²) in [6.45, 7) is 0.595. The van der Waals surface area contributed by atoms with E-state index in [0.717, 1.165) is 10.2 Å². The first-order chi connectivity index (χ1) is 9.15. The van der Waals surface area contributed by atoms with Crippen molar-refractivity contribution in [2.24, 2.45) is 0 Å². The van der Waals surface area contributed by atoms with Crippen LogP contribution in [0, 0.1) is 0 Å². The minimum atomic E-state index is -0.311. The summed E-state index contributed by atoms with van der Waals surface area (Å²) >= 11 is 3.39. The second-order valence-electron chi connectivity index (χ2n) is 4.14. The summed E-state index contributed by atoms with van der Waals surface area (Å²) in [6, 6.07) is 5.61. The maximum absolute atomic E-state index is 11.9. The maximum Gasteiger partial charge on any atom is 0.265 e. The number of fused-ring (bicyclic) bond motifs is 1. The van der Waals surface area contributed by atoms with Crippen molar-refractivity contribution in [3.8, 4) is 5.75 Å². The van der Waals surface area contributed by atoms with Gasteiger partial charge in [-0.3, -0.25) is 4.79 Å². The number of hydrogen-bond acceptors (Lipinski definition) is 4. The molecule has 0 saturated heterocycles. The van der Waals surface area contributed by atoms with Crippen molar-refractivity contribution in [1.29, 1.82) is 0 Å². The highest BCUT2D eigenvalue weighted by Crippen LogP contribution is 2.34. The van der Waals surface area contributed by atoms with Gasteiger partial charge in [-0.2, -0.15) is 0 Å². The van der Waals surface area contributed by atoms with E-state index in [4.69, 9.17) is 14.2 Å². The highest BCUT2D eigenvalue weighted by molar-refractivity contribution is 9.10. The molecule has 5 nitrogen and oxygen atoms in total. The highest BCUT2D eigenvalue weighted by Gasteiger charge is 2.26. The fourth-order valence-corrected chi connectivity index (χ4v) is 2.33. The molecular weight excluding hydrogens is 314 g/mol. The number of hydrogen-bond donors (Lipinski definition) is 0. The van der Waals surface area contributed by atoms with E-state index in [2.05, 4.69) is 15.9 Å². The van der Waals surface area contributed by atoms with E-state index in [1.165, 1.54) is 0 Å². The molecule has 1 heterocycles. The Kier molecular flexibility index (Phi) is 4.79. The van der Waals surface area contributed by atoms with Crippen LogP contribution in [0.15, 0.2) is 22.7 Å². The van der Waals surface area contributed by atoms with Crippen LogP contribution in [0.2, 0.25) is 0 Å². The molecule has 19 heavy (non-hydrogen) atoms. The maximum atomic E-state index is 11.9. The zero-order valence-electron chi connectivity index (χ0n) is 10.9. The first kappa shape index (κ1) is 14.3. The summed E-state index contributed by atoms with van der Waals surface area (Å²) in [5.41, 5.74) is 0.783. The normalized spacial score (nSPS) is 14.5. The molecule has 0 fully saturated rings. The first-order valence-electron chi connectivity index (χ1n) is 5.94. The average Bonchev–Trinajstić information content (AvgIpc) is 2.42. The van der Waals surface area contributed by atoms with Gasteiger partial charge in [0.1, 0.15) is 5.75 Å². The lowest BCUT2D eigenvalue weighted by molar-refractivity contribution is -0.122. The summed E-state index contributed by atoms with van der Waals surface area (Å²) < 4.78 is 16.6. The minimum absolute atomic E-state index is 0.0548.